The van der Waals surface area contributed by atoms with Crippen molar-refractivity contribution in [1.29, 1.82) is 0 Å². The summed E-state index contributed by atoms with van der Waals surface area (Å²) >= 11 is 15.5. The van der Waals surface area contributed by atoms with Crippen molar-refractivity contribution in [3.8, 4) is 5.69 Å². The Hall–Kier alpha value is -2.67. The lowest BCUT2D eigenvalue weighted by Gasteiger charge is -2.29. The highest BCUT2D eigenvalue weighted by Gasteiger charge is 2.42. The molecule has 0 unspecified atom stereocenters. The van der Waals surface area contributed by atoms with Crippen molar-refractivity contribution in [1.82, 2.24) is 14.9 Å². The summed E-state index contributed by atoms with van der Waals surface area (Å²) in [6.45, 7) is 0. The second kappa shape index (κ2) is 8.46. The summed E-state index contributed by atoms with van der Waals surface area (Å²) in [6.07, 6.45) is 3.89. The van der Waals surface area contributed by atoms with Crippen LogP contribution in [0.5, 0.6) is 0 Å². The van der Waals surface area contributed by atoms with Crippen LogP contribution in [0.2, 0.25) is 5.02 Å². The normalized spacial score (nSPS) is 18.3. The summed E-state index contributed by atoms with van der Waals surface area (Å²) in [5, 5.41) is 4.85. The average Bonchev–Trinajstić information content (AvgIpc) is 3.39. The van der Waals surface area contributed by atoms with Gasteiger partial charge in [0, 0.05) is 39.0 Å². The molecule has 7 heteroatoms. The summed E-state index contributed by atoms with van der Waals surface area (Å²) in [7, 11) is 0. The standard InChI is InChI=1S/C24H18BrClN4S/c25-16-5-3-6-19(15-16)29-14-4-8-21(29)23-22(20-7-1-2-13-27-20)28-24(31)30(23)18-11-9-17(26)10-12-18/h1-15,22-23H,(H,28,31)/t22-,23-/m1/s1. The van der Waals surface area contributed by atoms with E-state index in [9.17, 15) is 0 Å². The maximum atomic E-state index is 6.15. The minimum atomic E-state index is -0.106. The van der Waals surface area contributed by atoms with Crippen LogP contribution in [0.15, 0.2) is 95.7 Å². The lowest BCUT2D eigenvalue weighted by molar-refractivity contribution is 0.549. The third-order valence-corrected chi connectivity index (χ3v) is 6.43. The van der Waals surface area contributed by atoms with Gasteiger partial charge in [-0.1, -0.05) is 39.7 Å². The van der Waals surface area contributed by atoms with Gasteiger partial charge in [0.2, 0.25) is 0 Å². The van der Waals surface area contributed by atoms with Crippen LogP contribution < -0.4 is 10.2 Å². The van der Waals surface area contributed by atoms with E-state index < -0.39 is 0 Å². The number of halogens is 2. The largest absolute Gasteiger partial charge is 0.351 e. The zero-order chi connectivity index (χ0) is 21.4. The number of thiocarbonyl (C=S) groups is 1. The first kappa shape index (κ1) is 20.2. The van der Waals surface area contributed by atoms with Gasteiger partial charge in [-0.3, -0.25) is 4.98 Å². The summed E-state index contributed by atoms with van der Waals surface area (Å²) in [5.74, 6) is 0. The molecule has 0 saturated carbocycles. The first-order valence-electron chi connectivity index (χ1n) is 9.81. The van der Waals surface area contributed by atoms with Crippen LogP contribution in [0.1, 0.15) is 23.5 Å². The molecule has 1 saturated heterocycles. The molecule has 154 valence electrons. The Morgan fingerprint density at radius 3 is 2.52 bits per heavy atom. The summed E-state index contributed by atoms with van der Waals surface area (Å²) < 4.78 is 3.23. The Morgan fingerprint density at radius 2 is 1.77 bits per heavy atom. The van der Waals surface area contributed by atoms with Crippen molar-refractivity contribution in [3.05, 3.63) is 112 Å². The molecule has 31 heavy (non-hydrogen) atoms. The van der Waals surface area contributed by atoms with Gasteiger partial charge in [-0.05, 0) is 78.9 Å². The smallest absolute Gasteiger partial charge is 0.174 e. The van der Waals surface area contributed by atoms with Crippen molar-refractivity contribution in [2.24, 2.45) is 0 Å². The van der Waals surface area contributed by atoms with E-state index in [0.29, 0.717) is 10.1 Å². The fourth-order valence-corrected chi connectivity index (χ4v) is 4.89. The quantitative estimate of drug-likeness (QED) is 0.320. The van der Waals surface area contributed by atoms with Gasteiger partial charge in [-0.15, -0.1) is 0 Å². The summed E-state index contributed by atoms with van der Waals surface area (Å²) in [6, 6.07) is 26.0. The fraction of sp³-hybridized carbons (Fsp3) is 0.0833. The topological polar surface area (TPSA) is 33.1 Å². The van der Waals surface area contributed by atoms with Crippen molar-refractivity contribution in [3.63, 3.8) is 0 Å². The zero-order valence-electron chi connectivity index (χ0n) is 16.3. The number of hydrogen-bond acceptors (Lipinski definition) is 2. The third-order valence-electron chi connectivity index (χ3n) is 5.37. The van der Waals surface area contributed by atoms with E-state index in [0.717, 1.165) is 27.2 Å². The Balaban J connectivity index is 1.67. The Labute approximate surface area is 199 Å². The average molecular weight is 510 g/mol. The molecule has 0 spiro atoms. The van der Waals surface area contributed by atoms with Crippen molar-refractivity contribution in [2.75, 3.05) is 4.90 Å². The van der Waals surface area contributed by atoms with Crippen LogP contribution in [0.25, 0.3) is 5.69 Å². The van der Waals surface area contributed by atoms with Crippen LogP contribution in [0.4, 0.5) is 5.69 Å². The number of benzene rings is 2. The minimum absolute atomic E-state index is 0.0995. The highest BCUT2D eigenvalue weighted by molar-refractivity contribution is 9.10. The highest BCUT2D eigenvalue weighted by atomic mass is 79.9. The molecule has 2 atom stereocenters. The lowest BCUT2D eigenvalue weighted by atomic mass is 10.0. The molecule has 3 heterocycles. The number of nitrogens with one attached hydrogen (secondary N) is 1. The van der Waals surface area contributed by atoms with E-state index in [1.54, 1.807) is 0 Å². The second-order valence-corrected chi connectivity index (χ2v) is 8.99. The number of aromatic nitrogens is 2. The molecule has 2 aromatic heterocycles. The molecule has 0 radical (unpaired) electrons. The number of pyridine rings is 1. The van der Waals surface area contributed by atoms with Gasteiger partial charge in [0.1, 0.15) is 6.04 Å². The molecular formula is C24H18BrClN4S. The molecule has 0 amide bonds. The van der Waals surface area contributed by atoms with Gasteiger partial charge >= 0.3 is 0 Å². The predicted octanol–water partition coefficient (Wildman–Crippen LogP) is 6.47. The Bertz CT molecular complexity index is 1230. The van der Waals surface area contributed by atoms with E-state index in [4.69, 9.17) is 23.8 Å². The monoisotopic (exact) mass is 508 g/mol. The van der Waals surface area contributed by atoms with Gasteiger partial charge < -0.3 is 14.8 Å². The lowest BCUT2D eigenvalue weighted by Crippen LogP contribution is -2.30. The molecule has 1 aliphatic rings. The SMILES string of the molecule is S=C1N[C@H](c2ccccn2)[C@@H](c2cccn2-c2cccc(Br)c2)N1c1ccc(Cl)cc1. The van der Waals surface area contributed by atoms with Crippen LogP contribution in [-0.4, -0.2) is 14.7 Å². The second-order valence-electron chi connectivity index (χ2n) is 7.26. The molecule has 5 rings (SSSR count). The maximum Gasteiger partial charge on any atom is 0.174 e. The molecule has 2 aromatic carbocycles. The van der Waals surface area contributed by atoms with E-state index >= 15 is 0 Å². The Kier molecular flexibility index (Phi) is 5.52. The third kappa shape index (κ3) is 3.87. The number of nitrogens with zero attached hydrogens (tertiary/aromatic N) is 3. The molecule has 0 aliphatic carbocycles. The van der Waals surface area contributed by atoms with Crippen molar-refractivity contribution in [2.45, 2.75) is 12.1 Å². The highest BCUT2D eigenvalue weighted by Crippen LogP contribution is 2.42. The van der Waals surface area contributed by atoms with E-state index in [-0.39, 0.29) is 12.1 Å². The minimum Gasteiger partial charge on any atom is -0.351 e. The van der Waals surface area contributed by atoms with Gasteiger partial charge in [-0.25, -0.2) is 0 Å². The van der Waals surface area contributed by atoms with Crippen LogP contribution >= 0.6 is 39.7 Å². The zero-order valence-corrected chi connectivity index (χ0v) is 19.5. The fourth-order valence-electron chi connectivity index (χ4n) is 4.03. The molecule has 1 aliphatic heterocycles. The number of rotatable bonds is 4. The molecule has 0 bridgehead atoms. The van der Waals surface area contributed by atoms with Crippen LogP contribution in [-0.2, 0) is 0 Å². The molecular weight excluding hydrogens is 492 g/mol. The molecule has 1 N–H and O–H groups in total. The maximum absolute atomic E-state index is 6.15. The summed E-state index contributed by atoms with van der Waals surface area (Å²) in [4.78, 5) is 6.78. The van der Waals surface area contributed by atoms with Gasteiger partial charge in [0.15, 0.2) is 5.11 Å². The molecule has 4 aromatic rings. The van der Waals surface area contributed by atoms with E-state index in [1.807, 2.05) is 60.8 Å². The van der Waals surface area contributed by atoms with Gasteiger partial charge in [-0.2, -0.15) is 0 Å². The van der Waals surface area contributed by atoms with E-state index in [1.165, 1.54) is 0 Å². The van der Waals surface area contributed by atoms with Crippen molar-refractivity contribution < 1.29 is 0 Å². The number of hydrogen-bond donors (Lipinski definition) is 1. The predicted molar refractivity (Wildman–Crippen MR) is 133 cm³/mol. The number of anilines is 1. The first-order chi connectivity index (χ1) is 15.1. The van der Waals surface area contributed by atoms with Crippen LogP contribution in [0, 0.1) is 0 Å². The van der Waals surface area contributed by atoms with Crippen LogP contribution in [0.3, 0.4) is 0 Å². The molecule has 4 nitrogen and oxygen atoms in total. The van der Waals surface area contributed by atoms with Crippen molar-refractivity contribution >= 4 is 50.5 Å². The molecule has 1 fully saturated rings. The van der Waals surface area contributed by atoms with E-state index in [2.05, 4.69) is 66.2 Å². The van der Waals surface area contributed by atoms with Gasteiger partial charge in [0.25, 0.3) is 0 Å². The first-order valence-corrected chi connectivity index (χ1v) is 11.4. The van der Waals surface area contributed by atoms with Gasteiger partial charge in [0.05, 0.1) is 11.7 Å². The summed E-state index contributed by atoms with van der Waals surface area (Å²) in [5.41, 5.74) is 4.10. The Morgan fingerprint density at radius 1 is 0.935 bits per heavy atom.